The first-order chi connectivity index (χ1) is 17.9. The van der Waals surface area contributed by atoms with Crippen LogP contribution in [0, 0.1) is 6.92 Å². The molecule has 2 heterocycles. The summed E-state index contributed by atoms with van der Waals surface area (Å²) in [6, 6.07) is 17.4. The van der Waals surface area contributed by atoms with Crippen LogP contribution in [0.25, 0.3) is 11.1 Å². The van der Waals surface area contributed by atoms with Crippen molar-refractivity contribution in [2.75, 3.05) is 18.2 Å². The molecule has 0 radical (unpaired) electrons. The Bertz CT molecular complexity index is 1370. The molecular weight excluding hydrogens is 508 g/mol. The van der Waals surface area contributed by atoms with Gasteiger partial charge in [-0.15, -0.1) is 21.5 Å². The molecule has 0 spiro atoms. The number of ether oxygens (including phenoxy) is 2. The molecular formula is C27H28N4O4S2. The molecule has 1 atom stereocenters. The van der Waals surface area contributed by atoms with Gasteiger partial charge in [-0.1, -0.05) is 59.8 Å². The van der Waals surface area contributed by atoms with Crippen LogP contribution in [0.5, 0.6) is 5.75 Å². The van der Waals surface area contributed by atoms with Crippen molar-refractivity contribution in [3.8, 4) is 16.9 Å². The molecule has 0 saturated carbocycles. The van der Waals surface area contributed by atoms with Crippen molar-refractivity contribution in [2.24, 2.45) is 0 Å². The Morgan fingerprint density at radius 2 is 1.84 bits per heavy atom. The number of nitrogens with zero attached hydrogens (tertiary/aromatic N) is 3. The normalized spacial score (nSPS) is 11.7. The second-order valence-electron chi connectivity index (χ2n) is 8.21. The summed E-state index contributed by atoms with van der Waals surface area (Å²) in [5.74, 6) is 0.785. The minimum atomic E-state index is -0.499. The zero-order valence-electron chi connectivity index (χ0n) is 21.1. The number of thioether (sulfide) groups is 1. The molecule has 0 saturated heterocycles. The van der Waals surface area contributed by atoms with E-state index in [9.17, 15) is 9.59 Å². The van der Waals surface area contributed by atoms with Gasteiger partial charge < -0.3 is 19.4 Å². The molecule has 8 nitrogen and oxygen atoms in total. The average molecular weight is 537 g/mol. The Morgan fingerprint density at radius 3 is 2.51 bits per heavy atom. The van der Waals surface area contributed by atoms with Gasteiger partial charge in [-0.05, 0) is 38.5 Å². The van der Waals surface area contributed by atoms with Crippen molar-refractivity contribution in [3.63, 3.8) is 0 Å². The van der Waals surface area contributed by atoms with Crippen LogP contribution in [-0.4, -0.2) is 39.5 Å². The summed E-state index contributed by atoms with van der Waals surface area (Å²) in [5, 5.41) is 14.4. The lowest BCUT2D eigenvalue weighted by atomic mass is 10.0. The Balaban J connectivity index is 1.44. The van der Waals surface area contributed by atoms with Crippen LogP contribution in [0.1, 0.15) is 41.7 Å². The lowest BCUT2D eigenvalue weighted by Crippen LogP contribution is -2.17. The summed E-state index contributed by atoms with van der Waals surface area (Å²) >= 11 is 2.57. The number of thiophene rings is 1. The van der Waals surface area contributed by atoms with E-state index in [2.05, 4.69) is 15.5 Å². The van der Waals surface area contributed by atoms with Gasteiger partial charge in [0, 0.05) is 17.5 Å². The number of benzene rings is 2. The van der Waals surface area contributed by atoms with Crippen LogP contribution in [0.3, 0.4) is 0 Å². The average Bonchev–Trinajstić information content (AvgIpc) is 3.52. The third-order valence-corrected chi connectivity index (χ3v) is 7.47. The first-order valence-electron chi connectivity index (χ1n) is 11.8. The highest BCUT2D eigenvalue weighted by Crippen LogP contribution is 2.36. The van der Waals surface area contributed by atoms with E-state index >= 15 is 0 Å². The number of hydrogen-bond donors (Lipinski definition) is 1. The van der Waals surface area contributed by atoms with Crippen LogP contribution in [0.2, 0.25) is 0 Å². The van der Waals surface area contributed by atoms with Crippen LogP contribution in [-0.2, 0) is 16.1 Å². The van der Waals surface area contributed by atoms with E-state index in [1.165, 1.54) is 30.2 Å². The monoisotopic (exact) mass is 536 g/mol. The topological polar surface area (TPSA) is 95.3 Å². The molecule has 4 aromatic rings. The van der Waals surface area contributed by atoms with Crippen molar-refractivity contribution in [3.05, 3.63) is 76.9 Å². The summed E-state index contributed by atoms with van der Waals surface area (Å²) in [6.07, 6.45) is -0.316. The number of hydrogen-bond acceptors (Lipinski definition) is 8. The van der Waals surface area contributed by atoms with Gasteiger partial charge in [-0.25, -0.2) is 4.79 Å². The Morgan fingerprint density at radius 1 is 1.11 bits per heavy atom. The standard InChI is InChI=1S/C27H28N4O4S2/c1-5-31-24(18(3)35-20-13-11-17(2)12-14-20)29-30-27(31)37-16-22(32)28-25-23(26(33)34-4)21(15-36-25)19-9-7-6-8-10-19/h6-15,18H,5,16H2,1-4H3,(H,28,32). The third-order valence-electron chi connectivity index (χ3n) is 5.61. The second kappa shape index (κ2) is 12.1. The number of carbonyl (C=O) groups is 2. The van der Waals surface area contributed by atoms with Crippen molar-refractivity contribution in [2.45, 2.75) is 38.6 Å². The predicted molar refractivity (Wildman–Crippen MR) is 146 cm³/mol. The van der Waals surface area contributed by atoms with Gasteiger partial charge in [0.1, 0.15) is 16.3 Å². The minimum Gasteiger partial charge on any atom is -0.483 e. The Labute approximate surface area is 224 Å². The zero-order chi connectivity index (χ0) is 26.4. The number of esters is 1. The lowest BCUT2D eigenvalue weighted by Gasteiger charge is -2.15. The molecule has 10 heteroatoms. The van der Waals surface area contributed by atoms with E-state index in [4.69, 9.17) is 9.47 Å². The number of carbonyl (C=O) groups excluding carboxylic acids is 2. The van der Waals surface area contributed by atoms with Gasteiger partial charge in [0.2, 0.25) is 5.91 Å². The highest BCUT2D eigenvalue weighted by molar-refractivity contribution is 7.99. The van der Waals surface area contributed by atoms with E-state index in [1.54, 1.807) is 0 Å². The first-order valence-corrected chi connectivity index (χ1v) is 13.6. The molecule has 0 aliphatic rings. The summed E-state index contributed by atoms with van der Waals surface area (Å²) in [7, 11) is 1.33. The van der Waals surface area contributed by atoms with Gasteiger partial charge >= 0.3 is 5.97 Å². The molecule has 1 unspecified atom stereocenters. The number of aryl methyl sites for hydroxylation is 1. The van der Waals surface area contributed by atoms with Gasteiger partial charge in [0.05, 0.1) is 12.9 Å². The number of amides is 1. The van der Waals surface area contributed by atoms with Crippen LogP contribution < -0.4 is 10.1 Å². The van der Waals surface area contributed by atoms with E-state index < -0.39 is 5.97 Å². The van der Waals surface area contributed by atoms with Crippen LogP contribution in [0.4, 0.5) is 5.00 Å². The molecule has 0 fully saturated rings. The van der Waals surface area contributed by atoms with Crippen molar-refractivity contribution in [1.82, 2.24) is 14.8 Å². The van der Waals surface area contributed by atoms with Gasteiger partial charge in [-0.2, -0.15) is 0 Å². The summed E-state index contributed by atoms with van der Waals surface area (Å²) in [5.41, 5.74) is 3.10. The third kappa shape index (κ3) is 6.20. The zero-order valence-corrected chi connectivity index (χ0v) is 22.7. The fraction of sp³-hybridized carbons (Fsp3) is 0.259. The Hall–Kier alpha value is -3.63. The fourth-order valence-corrected chi connectivity index (χ4v) is 5.54. The van der Waals surface area contributed by atoms with E-state index in [1.807, 2.05) is 85.3 Å². The van der Waals surface area contributed by atoms with Gasteiger partial charge in [0.15, 0.2) is 17.1 Å². The lowest BCUT2D eigenvalue weighted by molar-refractivity contribution is -0.113. The number of methoxy groups -OCH3 is 1. The second-order valence-corrected chi connectivity index (χ2v) is 10.0. The Kier molecular flexibility index (Phi) is 8.62. The predicted octanol–water partition coefficient (Wildman–Crippen LogP) is 5.99. The largest absolute Gasteiger partial charge is 0.483 e. The molecule has 0 aliphatic heterocycles. The molecule has 2 aromatic carbocycles. The molecule has 0 bridgehead atoms. The smallest absolute Gasteiger partial charge is 0.341 e. The minimum absolute atomic E-state index is 0.102. The summed E-state index contributed by atoms with van der Waals surface area (Å²) in [4.78, 5) is 25.4. The maximum absolute atomic E-state index is 12.8. The molecule has 4 rings (SSSR count). The molecule has 192 valence electrons. The molecule has 0 aliphatic carbocycles. The number of aromatic nitrogens is 3. The maximum Gasteiger partial charge on any atom is 0.341 e. The quantitative estimate of drug-likeness (QED) is 0.196. The molecule has 1 N–H and O–H groups in total. The summed E-state index contributed by atoms with van der Waals surface area (Å²) < 4.78 is 13.0. The maximum atomic E-state index is 12.8. The number of anilines is 1. The highest BCUT2D eigenvalue weighted by atomic mass is 32.2. The SMILES string of the molecule is CCn1c(SCC(=O)Nc2scc(-c3ccccc3)c2C(=O)OC)nnc1C(C)Oc1ccc(C)cc1. The van der Waals surface area contributed by atoms with Crippen molar-refractivity contribution < 1.29 is 19.1 Å². The fourth-order valence-electron chi connectivity index (χ4n) is 3.76. The van der Waals surface area contributed by atoms with Crippen molar-refractivity contribution in [1.29, 1.82) is 0 Å². The van der Waals surface area contributed by atoms with E-state index in [0.717, 1.165) is 22.4 Å². The molecule has 1 amide bonds. The molecule has 2 aromatic heterocycles. The number of nitrogens with one attached hydrogen (secondary N) is 1. The van der Waals surface area contributed by atoms with E-state index in [-0.39, 0.29) is 17.8 Å². The van der Waals surface area contributed by atoms with Crippen molar-refractivity contribution >= 4 is 40.0 Å². The van der Waals surface area contributed by atoms with Crippen LogP contribution in [0.15, 0.2) is 65.1 Å². The van der Waals surface area contributed by atoms with Gasteiger partial charge in [-0.3, -0.25) is 4.79 Å². The molecule has 37 heavy (non-hydrogen) atoms. The first kappa shape index (κ1) is 26.4. The van der Waals surface area contributed by atoms with E-state index in [0.29, 0.717) is 28.1 Å². The summed E-state index contributed by atoms with van der Waals surface area (Å²) in [6.45, 7) is 6.57. The highest BCUT2D eigenvalue weighted by Gasteiger charge is 2.23. The number of rotatable bonds is 10. The van der Waals surface area contributed by atoms with Gasteiger partial charge in [0.25, 0.3) is 0 Å². The van der Waals surface area contributed by atoms with Crippen LogP contribution >= 0.6 is 23.1 Å².